The van der Waals surface area contributed by atoms with Crippen molar-refractivity contribution >= 4 is 43.1 Å². The summed E-state index contributed by atoms with van der Waals surface area (Å²) >= 11 is 0. The molecule has 8 aromatic rings. The van der Waals surface area contributed by atoms with Gasteiger partial charge in [-0.2, -0.15) is 0 Å². The summed E-state index contributed by atoms with van der Waals surface area (Å²) < 4.78 is 0. The Labute approximate surface area is 245 Å². The minimum Gasteiger partial charge on any atom is -0.0616 e. The lowest BCUT2D eigenvalue weighted by Gasteiger charge is -2.36. The molecule has 0 atom stereocenters. The molecule has 0 radical (unpaired) electrons. The van der Waals surface area contributed by atoms with Gasteiger partial charge in [-0.3, -0.25) is 0 Å². The topological polar surface area (TPSA) is 0 Å². The maximum atomic E-state index is 2.45. The highest BCUT2D eigenvalue weighted by molar-refractivity contribution is 6.06. The van der Waals surface area contributed by atoms with Gasteiger partial charge < -0.3 is 0 Å². The smallest absolute Gasteiger partial charge is 0.0616 e. The van der Waals surface area contributed by atoms with Crippen LogP contribution in [0.3, 0.4) is 0 Å². The summed E-state index contributed by atoms with van der Waals surface area (Å²) in [6.07, 6.45) is 0. The largest absolute Gasteiger partial charge is 0.0726 e. The number of benzene rings is 8. The van der Waals surface area contributed by atoms with E-state index in [0.717, 1.165) is 0 Å². The molecule has 0 aliphatic heterocycles. The third-order valence-corrected chi connectivity index (χ3v) is 9.51. The Morgan fingerprint density at radius 1 is 0.357 bits per heavy atom. The lowest BCUT2D eigenvalue weighted by molar-refractivity contribution is 0.785. The van der Waals surface area contributed by atoms with Crippen molar-refractivity contribution in [1.82, 2.24) is 0 Å². The normalized spacial score (nSPS) is 13.5. The predicted octanol–water partition coefficient (Wildman–Crippen LogP) is 11.0. The highest BCUT2D eigenvalue weighted by Crippen LogP contribution is 2.60. The molecule has 1 aliphatic carbocycles. The van der Waals surface area contributed by atoms with Crippen LogP contribution in [0.4, 0.5) is 0 Å². The second-order valence-corrected chi connectivity index (χ2v) is 11.8. The summed E-state index contributed by atoms with van der Waals surface area (Å²) in [7, 11) is 0. The summed E-state index contributed by atoms with van der Waals surface area (Å²) in [6, 6.07) is 57.0. The van der Waals surface area contributed by atoms with E-state index >= 15 is 0 Å². The van der Waals surface area contributed by atoms with Gasteiger partial charge in [-0.05, 0) is 95.5 Å². The standard InChI is InChI=1S/C42H28/c1-27-14-15-33-26-35(21-17-32(33)24-27)42(34-20-16-28-8-2-3-11-31(28)25-34)40-36-12-6-4-9-29(36)18-22-38(40)39-23-19-30-10-5-7-13-37(30)41(39)42/h2-26H,1H3. The van der Waals surface area contributed by atoms with Crippen molar-refractivity contribution in [3.63, 3.8) is 0 Å². The number of aryl methyl sites for hydroxylation is 1. The molecule has 0 N–H and O–H groups in total. The summed E-state index contributed by atoms with van der Waals surface area (Å²) in [5.41, 5.74) is 8.81. The molecule has 0 saturated carbocycles. The molecule has 0 aromatic heterocycles. The first-order chi connectivity index (χ1) is 20.7. The van der Waals surface area contributed by atoms with Gasteiger partial charge in [0, 0.05) is 0 Å². The average molecular weight is 533 g/mol. The first-order valence-electron chi connectivity index (χ1n) is 14.8. The Hall–Kier alpha value is -5.20. The van der Waals surface area contributed by atoms with Gasteiger partial charge in [-0.25, -0.2) is 0 Å². The minimum atomic E-state index is -0.504. The number of hydrogen-bond donors (Lipinski definition) is 0. The zero-order valence-corrected chi connectivity index (χ0v) is 23.4. The van der Waals surface area contributed by atoms with Crippen LogP contribution in [0.2, 0.25) is 0 Å². The second-order valence-electron chi connectivity index (χ2n) is 11.8. The maximum Gasteiger partial charge on any atom is 0.0726 e. The summed E-state index contributed by atoms with van der Waals surface area (Å²) in [5, 5.41) is 10.3. The molecule has 9 rings (SSSR count). The molecular weight excluding hydrogens is 504 g/mol. The van der Waals surface area contributed by atoms with Crippen LogP contribution in [-0.2, 0) is 5.41 Å². The molecule has 196 valence electrons. The fourth-order valence-electron chi connectivity index (χ4n) is 7.69. The molecule has 0 saturated heterocycles. The molecule has 0 bridgehead atoms. The van der Waals surface area contributed by atoms with Crippen LogP contribution in [-0.4, -0.2) is 0 Å². The van der Waals surface area contributed by atoms with Gasteiger partial charge in [0.15, 0.2) is 0 Å². The van der Waals surface area contributed by atoms with Gasteiger partial charge >= 0.3 is 0 Å². The Morgan fingerprint density at radius 3 is 1.40 bits per heavy atom. The average Bonchev–Trinajstić information content (AvgIpc) is 3.36. The Bertz CT molecular complexity index is 2290. The molecule has 0 fully saturated rings. The molecular formula is C42H28. The van der Waals surface area contributed by atoms with E-state index in [0.29, 0.717) is 0 Å². The number of hydrogen-bond acceptors (Lipinski definition) is 0. The van der Waals surface area contributed by atoms with Crippen molar-refractivity contribution in [1.29, 1.82) is 0 Å². The molecule has 0 unspecified atom stereocenters. The molecule has 0 amide bonds. The van der Waals surface area contributed by atoms with Crippen LogP contribution in [0.25, 0.3) is 54.2 Å². The van der Waals surface area contributed by atoms with Crippen molar-refractivity contribution in [2.24, 2.45) is 0 Å². The fourth-order valence-corrected chi connectivity index (χ4v) is 7.69. The molecule has 0 spiro atoms. The van der Waals surface area contributed by atoms with Gasteiger partial charge in [0.05, 0.1) is 5.41 Å². The molecule has 1 aliphatic rings. The van der Waals surface area contributed by atoms with Crippen LogP contribution in [0, 0.1) is 6.92 Å². The Morgan fingerprint density at radius 2 is 0.786 bits per heavy atom. The van der Waals surface area contributed by atoms with Gasteiger partial charge in [0.2, 0.25) is 0 Å². The van der Waals surface area contributed by atoms with Crippen LogP contribution >= 0.6 is 0 Å². The molecule has 0 heteroatoms. The zero-order valence-electron chi connectivity index (χ0n) is 23.4. The van der Waals surface area contributed by atoms with E-state index in [4.69, 9.17) is 0 Å². The van der Waals surface area contributed by atoms with Crippen LogP contribution in [0.5, 0.6) is 0 Å². The van der Waals surface area contributed by atoms with Crippen molar-refractivity contribution in [3.8, 4) is 11.1 Å². The van der Waals surface area contributed by atoms with Crippen molar-refractivity contribution in [3.05, 3.63) is 179 Å². The van der Waals surface area contributed by atoms with Gasteiger partial charge in [-0.15, -0.1) is 0 Å². The third kappa shape index (κ3) is 3.12. The van der Waals surface area contributed by atoms with E-state index < -0.39 is 5.41 Å². The summed E-state index contributed by atoms with van der Waals surface area (Å²) in [4.78, 5) is 0. The van der Waals surface area contributed by atoms with Gasteiger partial charge in [0.25, 0.3) is 0 Å². The van der Waals surface area contributed by atoms with Crippen LogP contribution in [0.1, 0.15) is 27.8 Å². The monoisotopic (exact) mass is 532 g/mol. The molecule has 0 heterocycles. The van der Waals surface area contributed by atoms with E-state index in [1.54, 1.807) is 0 Å². The van der Waals surface area contributed by atoms with Crippen molar-refractivity contribution in [2.75, 3.05) is 0 Å². The maximum absolute atomic E-state index is 2.45. The highest BCUT2D eigenvalue weighted by Gasteiger charge is 2.48. The lowest BCUT2D eigenvalue weighted by Crippen LogP contribution is -2.29. The predicted molar refractivity (Wildman–Crippen MR) is 179 cm³/mol. The first kappa shape index (κ1) is 23.5. The van der Waals surface area contributed by atoms with E-state index in [-0.39, 0.29) is 0 Å². The Balaban J connectivity index is 1.54. The minimum absolute atomic E-state index is 0.504. The van der Waals surface area contributed by atoms with Crippen molar-refractivity contribution in [2.45, 2.75) is 12.3 Å². The summed E-state index contributed by atoms with van der Waals surface area (Å²) in [6.45, 7) is 2.17. The molecule has 8 aromatic carbocycles. The number of fused-ring (bicyclic) bond motifs is 9. The fraction of sp³-hybridized carbons (Fsp3) is 0.0476. The van der Waals surface area contributed by atoms with E-state index in [2.05, 4.69) is 159 Å². The lowest BCUT2D eigenvalue weighted by atomic mass is 9.65. The summed E-state index contributed by atoms with van der Waals surface area (Å²) in [5.74, 6) is 0. The quantitative estimate of drug-likeness (QED) is 0.208. The van der Waals surface area contributed by atoms with E-state index in [1.807, 2.05) is 0 Å². The highest BCUT2D eigenvalue weighted by atomic mass is 14.5. The van der Waals surface area contributed by atoms with Gasteiger partial charge in [-0.1, -0.05) is 145 Å². The zero-order chi connectivity index (χ0) is 27.8. The third-order valence-electron chi connectivity index (χ3n) is 9.51. The number of rotatable bonds is 2. The Kier molecular flexibility index (Phi) is 4.84. The second kappa shape index (κ2) is 8.65. The van der Waals surface area contributed by atoms with Crippen LogP contribution < -0.4 is 0 Å². The van der Waals surface area contributed by atoms with E-state index in [1.165, 1.54) is 82.0 Å². The van der Waals surface area contributed by atoms with Crippen LogP contribution in [0.15, 0.2) is 152 Å². The molecule has 42 heavy (non-hydrogen) atoms. The van der Waals surface area contributed by atoms with Gasteiger partial charge in [0.1, 0.15) is 0 Å². The SMILES string of the molecule is Cc1ccc2cc(C3(c4ccc5ccccc5c4)c4c(ccc5ccccc45)-c4ccc5ccccc5c43)ccc2c1. The van der Waals surface area contributed by atoms with E-state index in [9.17, 15) is 0 Å². The van der Waals surface area contributed by atoms with Crippen molar-refractivity contribution < 1.29 is 0 Å². The first-order valence-corrected chi connectivity index (χ1v) is 14.8. The molecule has 0 nitrogen and oxygen atoms in total.